The lowest BCUT2D eigenvalue weighted by molar-refractivity contribution is 0.201. The highest BCUT2D eigenvalue weighted by Crippen LogP contribution is 2.43. The van der Waals surface area contributed by atoms with Crippen LogP contribution in [0.15, 0.2) is 24.3 Å². The van der Waals surface area contributed by atoms with Gasteiger partial charge in [-0.25, -0.2) is 0 Å². The quantitative estimate of drug-likeness (QED) is 0.872. The van der Waals surface area contributed by atoms with Gasteiger partial charge in [-0.1, -0.05) is 31.0 Å². The number of hydrogen-bond acceptors (Lipinski definition) is 3. The SMILES string of the molecule is CN(C)c1ccccc1C(C)(NC1CCCN1)C1CCCC1. The third-order valence-corrected chi connectivity index (χ3v) is 5.65. The van der Waals surface area contributed by atoms with Crippen molar-refractivity contribution in [1.82, 2.24) is 10.6 Å². The van der Waals surface area contributed by atoms with Gasteiger partial charge in [0.15, 0.2) is 0 Å². The van der Waals surface area contributed by atoms with Crippen LogP contribution in [0.3, 0.4) is 0 Å². The van der Waals surface area contributed by atoms with E-state index in [1.807, 2.05) is 0 Å². The fourth-order valence-corrected chi connectivity index (χ4v) is 4.39. The first-order valence-electron chi connectivity index (χ1n) is 8.89. The first-order chi connectivity index (χ1) is 10.6. The smallest absolute Gasteiger partial charge is 0.0579 e. The van der Waals surface area contributed by atoms with Crippen molar-refractivity contribution in [3.8, 4) is 0 Å². The Morgan fingerprint density at radius 3 is 2.45 bits per heavy atom. The van der Waals surface area contributed by atoms with E-state index in [0.29, 0.717) is 6.17 Å². The molecule has 1 aliphatic heterocycles. The van der Waals surface area contributed by atoms with Crippen LogP contribution in [0.25, 0.3) is 0 Å². The number of para-hydroxylation sites is 1. The number of nitrogens with one attached hydrogen (secondary N) is 2. The summed E-state index contributed by atoms with van der Waals surface area (Å²) in [5.74, 6) is 0.732. The zero-order valence-corrected chi connectivity index (χ0v) is 14.4. The van der Waals surface area contributed by atoms with Gasteiger partial charge in [-0.3, -0.25) is 5.32 Å². The standard InChI is InChI=1S/C19H31N3/c1-19(15-9-4-5-10-15,21-18-13-8-14-20-18)16-11-6-7-12-17(16)22(2)3/h6-7,11-12,15,18,20-21H,4-5,8-10,13-14H2,1-3H3. The second-order valence-electron chi connectivity index (χ2n) is 7.39. The van der Waals surface area contributed by atoms with E-state index in [1.165, 1.54) is 49.8 Å². The van der Waals surface area contributed by atoms with Crippen molar-refractivity contribution in [2.24, 2.45) is 5.92 Å². The van der Waals surface area contributed by atoms with Crippen molar-refractivity contribution >= 4 is 5.69 Å². The highest BCUT2D eigenvalue weighted by atomic mass is 15.2. The van der Waals surface area contributed by atoms with Gasteiger partial charge in [-0.15, -0.1) is 0 Å². The van der Waals surface area contributed by atoms with Gasteiger partial charge in [0, 0.05) is 25.3 Å². The van der Waals surface area contributed by atoms with Crippen LogP contribution in [0.1, 0.15) is 51.0 Å². The minimum Gasteiger partial charge on any atom is -0.377 e. The van der Waals surface area contributed by atoms with E-state index in [4.69, 9.17) is 0 Å². The van der Waals surface area contributed by atoms with Gasteiger partial charge in [0.1, 0.15) is 0 Å². The average Bonchev–Trinajstić information content (AvgIpc) is 3.20. The molecule has 1 aromatic carbocycles. The monoisotopic (exact) mass is 301 g/mol. The summed E-state index contributed by atoms with van der Waals surface area (Å²) in [6, 6.07) is 8.93. The second-order valence-corrected chi connectivity index (χ2v) is 7.39. The Kier molecular flexibility index (Phi) is 4.74. The molecule has 0 amide bonds. The van der Waals surface area contributed by atoms with Crippen LogP contribution < -0.4 is 15.5 Å². The van der Waals surface area contributed by atoms with Crippen molar-refractivity contribution in [3.05, 3.63) is 29.8 Å². The predicted octanol–water partition coefficient (Wildman–Crippen LogP) is 3.46. The van der Waals surface area contributed by atoms with Crippen molar-refractivity contribution < 1.29 is 0 Å². The summed E-state index contributed by atoms with van der Waals surface area (Å²) in [5.41, 5.74) is 2.86. The first-order valence-corrected chi connectivity index (χ1v) is 8.89. The van der Waals surface area contributed by atoms with Crippen LogP contribution in [0.5, 0.6) is 0 Å². The zero-order valence-electron chi connectivity index (χ0n) is 14.4. The molecule has 122 valence electrons. The lowest BCUT2D eigenvalue weighted by atomic mass is 9.77. The maximum Gasteiger partial charge on any atom is 0.0579 e. The zero-order chi connectivity index (χ0) is 15.6. The van der Waals surface area contributed by atoms with E-state index >= 15 is 0 Å². The van der Waals surface area contributed by atoms with Crippen molar-refractivity contribution in [1.29, 1.82) is 0 Å². The summed E-state index contributed by atoms with van der Waals surface area (Å²) in [6.45, 7) is 3.58. The number of benzene rings is 1. The summed E-state index contributed by atoms with van der Waals surface area (Å²) < 4.78 is 0. The Morgan fingerprint density at radius 2 is 1.82 bits per heavy atom. The average molecular weight is 301 g/mol. The summed E-state index contributed by atoms with van der Waals surface area (Å²) in [7, 11) is 4.31. The molecule has 0 radical (unpaired) electrons. The summed E-state index contributed by atoms with van der Waals surface area (Å²) in [5, 5.41) is 7.64. The van der Waals surface area contributed by atoms with Crippen molar-refractivity contribution in [2.45, 2.75) is 57.2 Å². The minimum atomic E-state index is 0.0549. The normalized spacial score (nSPS) is 25.3. The van der Waals surface area contributed by atoms with Gasteiger partial charge in [0.2, 0.25) is 0 Å². The Labute approximate surface area is 135 Å². The lowest BCUT2D eigenvalue weighted by Gasteiger charge is -2.41. The van der Waals surface area contributed by atoms with Crippen LogP contribution in [0.4, 0.5) is 5.69 Å². The van der Waals surface area contributed by atoms with Crippen LogP contribution >= 0.6 is 0 Å². The van der Waals surface area contributed by atoms with Gasteiger partial charge < -0.3 is 10.2 Å². The Balaban J connectivity index is 1.96. The van der Waals surface area contributed by atoms with Crippen LogP contribution in [0, 0.1) is 5.92 Å². The summed E-state index contributed by atoms with van der Waals surface area (Å²) in [4.78, 5) is 2.26. The maximum atomic E-state index is 4.01. The van der Waals surface area contributed by atoms with E-state index in [0.717, 1.165) is 12.5 Å². The fraction of sp³-hybridized carbons (Fsp3) is 0.684. The molecule has 22 heavy (non-hydrogen) atoms. The molecule has 1 saturated carbocycles. The van der Waals surface area contributed by atoms with Crippen molar-refractivity contribution in [2.75, 3.05) is 25.5 Å². The highest BCUT2D eigenvalue weighted by Gasteiger charge is 2.40. The molecular formula is C19H31N3. The third kappa shape index (κ3) is 3.02. The maximum absolute atomic E-state index is 4.01. The molecule has 2 atom stereocenters. The molecule has 0 aromatic heterocycles. The summed E-state index contributed by atoms with van der Waals surface area (Å²) >= 11 is 0. The van der Waals surface area contributed by atoms with Gasteiger partial charge >= 0.3 is 0 Å². The van der Waals surface area contributed by atoms with E-state index in [2.05, 4.69) is 60.8 Å². The van der Waals surface area contributed by atoms with E-state index in [1.54, 1.807) is 0 Å². The number of anilines is 1. The molecule has 1 heterocycles. The Hall–Kier alpha value is -1.06. The number of rotatable bonds is 5. The third-order valence-electron chi connectivity index (χ3n) is 5.65. The van der Waals surface area contributed by atoms with E-state index in [9.17, 15) is 0 Å². The molecule has 2 N–H and O–H groups in total. The molecule has 1 aliphatic carbocycles. The largest absolute Gasteiger partial charge is 0.377 e. The molecule has 3 nitrogen and oxygen atoms in total. The Morgan fingerprint density at radius 1 is 1.09 bits per heavy atom. The molecule has 3 heteroatoms. The number of nitrogens with zero attached hydrogens (tertiary/aromatic N) is 1. The molecular weight excluding hydrogens is 270 g/mol. The van der Waals surface area contributed by atoms with Crippen LogP contribution in [-0.4, -0.2) is 26.8 Å². The van der Waals surface area contributed by atoms with Gasteiger partial charge in [0.05, 0.1) is 6.17 Å². The van der Waals surface area contributed by atoms with Gasteiger partial charge in [-0.2, -0.15) is 0 Å². The second kappa shape index (κ2) is 6.59. The molecule has 0 spiro atoms. The molecule has 3 rings (SSSR count). The topological polar surface area (TPSA) is 27.3 Å². The Bertz CT molecular complexity index is 487. The molecule has 1 saturated heterocycles. The predicted molar refractivity (Wildman–Crippen MR) is 94.2 cm³/mol. The first kappa shape index (κ1) is 15.8. The highest BCUT2D eigenvalue weighted by molar-refractivity contribution is 5.55. The van der Waals surface area contributed by atoms with Crippen molar-refractivity contribution in [3.63, 3.8) is 0 Å². The fourth-order valence-electron chi connectivity index (χ4n) is 4.39. The lowest BCUT2D eigenvalue weighted by Crippen LogP contribution is -2.53. The number of hydrogen-bond donors (Lipinski definition) is 2. The van der Waals surface area contributed by atoms with Gasteiger partial charge in [-0.05, 0) is 56.7 Å². The van der Waals surface area contributed by atoms with Gasteiger partial charge in [0.25, 0.3) is 0 Å². The van der Waals surface area contributed by atoms with E-state index < -0.39 is 0 Å². The van der Waals surface area contributed by atoms with Crippen LogP contribution in [0.2, 0.25) is 0 Å². The molecule has 2 aliphatic rings. The molecule has 2 unspecified atom stereocenters. The molecule has 1 aromatic rings. The summed E-state index contributed by atoms with van der Waals surface area (Å²) in [6.07, 6.45) is 8.44. The van der Waals surface area contributed by atoms with Crippen LogP contribution in [-0.2, 0) is 5.54 Å². The molecule has 0 bridgehead atoms. The molecule has 2 fully saturated rings. The van der Waals surface area contributed by atoms with E-state index in [-0.39, 0.29) is 5.54 Å². The minimum absolute atomic E-state index is 0.0549.